The summed E-state index contributed by atoms with van der Waals surface area (Å²) in [6.07, 6.45) is 0.803. The van der Waals surface area contributed by atoms with Gasteiger partial charge in [0, 0.05) is 6.54 Å². The third-order valence-electron chi connectivity index (χ3n) is 3.04. The van der Waals surface area contributed by atoms with Gasteiger partial charge in [-0.05, 0) is 27.9 Å². The highest BCUT2D eigenvalue weighted by atomic mass is 35.5. The number of aromatic nitrogens is 3. The van der Waals surface area contributed by atoms with Gasteiger partial charge in [-0.15, -0.1) is 11.3 Å². The number of likely N-dealkylation sites (N-methyl/N-ethyl adjacent to an activating group) is 1. The maximum absolute atomic E-state index is 10.6. The molecule has 0 aliphatic rings. The maximum Gasteiger partial charge on any atom is 0.133 e. The zero-order valence-corrected chi connectivity index (χ0v) is 13.7. The van der Waals surface area contributed by atoms with Crippen molar-refractivity contribution in [2.24, 2.45) is 0 Å². The zero-order valence-electron chi connectivity index (χ0n) is 12.1. The Morgan fingerprint density at radius 1 is 1.45 bits per heavy atom. The van der Waals surface area contributed by atoms with Crippen LogP contribution in [0.4, 0.5) is 0 Å². The first kappa shape index (κ1) is 15.4. The van der Waals surface area contributed by atoms with Gasteiger partial charge in [-0.25, -0.2) is 4.98 Å². The van der Waals surface area contributed by atoms with E-state index in [0.717, 1.165) is 22.1 Å². The van der Waals surface area contributed by atoms with Crippen LogP contribution >= 0.6 is 22.9 Å². The smallest absolute Gasteiger partial charge is 0.133 e. The minimum atomic E-state index is -0.779. The van der Waals surface area contributed by atoms with Crippen molar-refractivity contribution in [3.8, 4) is 0 Å². The molecule has 0 fully saturated rings. The van der Waals surface area contributed by atoms with Gasteiger partial charge in [0.2, 0.25) is 0 Å². The molecule has 2 rings (SSSR count). The van der Waals surface area contributed by atoms with E-state index >= 15 is 0 Å². The van der Waals surface area contributed by atoms with Crippen molar-refractivity contribution < 1.29 is 5.11 Å². The normalized spacial score (nSPS) is 13.2. The van der Waals surface area contributed by atoms with Gasteiger partial charge in [0.25, 0.3) is 0 Å². The van der Waals surface area contributed by atoms with Crippen LogP contribution in [0.15, 0.2) is 6.20 Å². The second-order valence-corrected chi connectivity index (χ2v) is 6.63. The molecule has 0 bridgehead atoms. The van der Waals surface area contributed by atoms with Gasteiger partial charge < -0.3 is 10.0 Å². The van der Waals surface area contributed by atoms with E-state index in [1.54, 1.807) is 10.9 Å². The molecule has 0 spiro atoms. The van der Waals surface area contributed by atoms with E-state index in [2.05, 4.69) is 15.0 Å². The fourth-order valence-corrected chi connectivity index (χ4v) is 3.20. The van der Waals surface area contributed by atoms with E-state index in [4.69, 9.17) is 11.6 Å². The first-order valence-corrected chi connectivity index (χ1v) is 7.57. The van der Waals surface area contributed by atoms with Crippen LogP contribution in [0, 0.1) is 13.8 Å². The molecule has 0 radical (unpaired) electrons. The number of aliphatic hydroxyl groups is 1. The van der Waals surface area contributed by atoms with Crippen LogP contribution in [-0.4, -0.2) is 45.4 Å². The van der Waals surface area contributed by atoms with Crippen molar-refractivity contribution in [2.45, 2.75) is 26.5 Å². The molecule has 0 aromatic carbocycles. The summed E-state index contributed by atoms with van der Waals surface area (Å²) in [6.45, 7) is 5.34. The molecule has 0 amide bonds. The van der Waals surface area contributed by atoms with E-state index in [0.29, 0.717) is 17.3 Å². The molecule has 2 aromatic heterocycles. The molecule has 1 N–H and O–H groups in total. The van der Waals surface area contributed by atoms with E-state index in [1.807, 2.05) is 27.9 Å². The molecule has 0 saturated carbocycles. The van der Waals surface area contributed by atoms with Gasteiger partial charge >= 0.3 is 0 Å². The molecule has 2 heterocycles. The summed E-state index contributed by atoms with van der Waals surface area (Å²) in [4.78, 5) is 7.25. The highest BCUT2D eigenvalue weighted by Gasteiger charge is 2.23. The van der Waals surface area contributed by atoms with Crippen molar-refractivity contribution in [1.82, 2.24) is 19.7 Å². The minimum absolute atomic E-state index is 0.488. The number of hydrogen-bond acceptors (Lipinski definition) is 5. The lowest BCUT2D eigenvalue weighted by Crippen LogP contribution is -2.21. The van der Waals surface area contributed by atoms with Gasteiger partial charge in [-0.2, -0.15) is 5.10 Å². The first-order valence-electron chi connectivity index (χ1n) is 6.38. The van der Waals surface area contributed by atoms with Gasteiger partial charge in [0.05, 0.1) is 39.0 Å². The lowest BCUT2D eigenvalue weighted by molar-refractivity contribution is 0.208. The molecule has 7 heteroatoms. The summed E-state index contributed by atoms with van der Waals surface area (Å²) in [6, 6.07) is 0. The average molecular weight is 315 g/mol. The molecule has 0 saturated heterocycles. The molecule has 110 valence electrons. The number of nitrogens with zero attached hydrogens (tertiary/aromatic N) is 4. The Morgan fingerprint density at radius 2 is 2.15 bits per heavy atom. The summed E-state index contributed by atoms with van der Waals surface area (Å²) in [5, 5.41) is 16.3. The van der Waals surface area contributed by atoms with Crippen molar-refractivity contribution in [2.75, 3.05) is 20.6 Å². The van der Waals surface area contributed by atoms with Crippen LogP contribution < -0.4 is 0 Å². The lowest BCUT2D eigenvalue weighted by atomic mass is 10.2. The Labute approximate surface area is 127 Å². The Bertz CT molecular complexity index is 593. The summed E-state index contributed by atoms with van der Waals surface area (Å²) in [5.74, 6) is 0. The van der Waals surface area contributed by atoms with Gasteiger partial charge in [0.1, 0.15) is 6.10 Å². The lowest BCUT2D eigenvalue weighted by Gasteiger charge is -2.15. The number of rotatable bonds is 5. The van der Waals surface area contributed by atoms with Gasteiger partial charge in [-0.3, -0.25) is 4.68 Å². The quantitative estimate of drug-likeness (QED) is 0.919. The van der Waals surface area contributed by atoms with Crippen LogP contribution in [0.5, 0.6) is 0 Å². The van der Waals surface area contributed by atoms with E-state index in [-0.39, 0.29) is 0 Å². The number of halogens is 1. The Kier molecular flexibility index (Phi) is 4.80. The highest BCUT2D eigenvalue weighted by Crippen LogP contribution is 2.33. The number of hydrogen-bond donors (Lipinski definition) is 1. The average Bonchev–Trinajstić information content (AvgIpc) is 2.89. The molecular formula is C13H19ClN4OS. The Hall–Kier alpha value is -0.950. The Morgan fingerprint density at radius 3 is 2.70 bits per heavy atom. The molecule has 1 unspecified atom stereocenters. The van der Waals surface area contributed by atoms with Crippen molar-refractivity contribution >= 4 is 22.9 Å². The van der Waals surface area contributed by atoms with Crippen LogP contribution in [0.2, 0.25) is 5.02 Å². The van der Waals surface area contributed by atoms with Crippen LogP contribution in [-0.2, 0) is 6.54 Å². The van der Waals surface area contributed by atoms with Gasteiger partial charge in [0.15, 0.2) is 0 Å². The first-order chi connectivity index (χ1) is 9.40. The molecule has 1 atom stereocenters. The molecule has 0 aliphatic carbocycles. The molecule has 2 aromatic rings. The van der Waals surface area contributed by atoms with Crippen molar-refractivity contribution in [3.63, 3.8) is 0 Å². The molecular weight excluding hydrogens is 296 g/mol. The van der Waals surface area contributed by atoms with Crippen LogP contribution in [0.3, 0.4) is 0 Å². The second kappa shape index (κ2) is 6.22. The van der Waals surface area contributed by atoms with E-state index in [9.17, 15) is 5.11 Å². The zero-order chi connectivity index (χ0) is 14.9. The van der Waals surface area contributed by atoms with Gasteiger partial charge in [-0.1, -0.05) is 11.6 Å². The van der Waals surface area contributed by atoms with E-state index < -0.39 is 6.10 Å². The third-order valence-corrected chi connectivity index (χ3v) is 4.46. The Balaban J connectivity index is 2.31. The fourth-order valence-electron chi connectivity index (χ4n) is 2.04. The van der Waals surface area contributed by atoms with Crippen LogP contribution in [0.1, 0.15) is 27.4 Å². The standard InChI is InChI=1S/C13H19ClN4OS/c1-8-13(20-9(2)16-8)12(19)11-10(14)7-15-18(11)6-5-17(3)4/h7,12,19H,5-6H2,1-4H3. The second-order valence-electron chi connectivity index (χ2n) is 4.99. The predicted octanol–water partition coefficient (Wildman–Crippen LogP) is 2.25. The topological polar surface area (TPSA) is 54.2 Å². The monoisotopic (exact) mass is 314 g/mol. The van der Waals surface area contributed by atoms with Crippen LogP contribution in [0.25, 0.3) is 0 Å². The number of aliphatic hydroxyl groups excluding tert-OH is 1. The molecule has 20 heavy (non-hydrogen) atoms. The maximum atomic E-state index is 10.6. The number of aryl methyl sites for hydroxylation is 2. The van der Waals surface area contributed by atoms with E-state index in [1.165, 1.54) is 11.3 Å². The number of thiazole rings is 1. The molecule has 5 nitrogen and oxygen atoms in total. The van der Waals surface area contributed by atoms with Crippen molar-refractivity contribution in [3.05, 3.63) is 32.5 Å². The SMILES string of the molecule is Cc1nc(C)c(C(O)c2c(Cl)cnn2CCN(C)C)s1. The summed E-state index contributed by atoms with van der Waals surface area (Å²) >= 11 is 7.68. The fraction of sp³-hybridized carbons (Fsp3) is 0.538. The minimum Gasteiger partial charge on any atom is -0.381 e. The highest BCUT2D eigenvalue weighted by molar-refractivity contribution is 7.11. The predicted molar refractivity (Wildman–Crippen MR) is 81.4 cm³/mol. The summed E-state index contributed by atoms with van der Waals surface area (Å²) in [5.41, 5.74) is 1.48. The third kappa shape index (κ3) is 3.20. The summed E-state index contributed by atoms with van der Waals surface area (Å²) < 4.78 is 1.77. The summed E-state index contributed by atoms with van der Waals surface area (Å²) in [7, 11) is 4.00. The molecule has 0 aliphatic heterocycles. The van der Waals surface area contributed by atoms with Crippen molar-refractivity contribution in [1.29, 1.82) is 0 Å². The largest absolute Gasteiger partial charge is 0.381 e.